The molecule has 0 saturated carbocycles. The molecule has 1 aliphatic heterocycles. The first-order valence-corrected chi connectivity index (χ1v) is 8.94. The van der Waals surface area contributed by atoms with Crippen LogP contribution in [-0.2, 0) is 16.0 Å². The number of para-hydroxylation sites is 2. The Labute approximate surface area is 162 Å². The molecule has 1 aliphatic rings. The number of ether oxygens (including phenoxy) is 1. The number of amides is 2. The third-order valence-corrected chi connectivity index (χ3v) is 4.25. The fraction of sp³-hybridized carbons (Fsp3) is 0.211. The number of nitrogens with zero attached hydrogens (tertiary/aromatic N) is 1. The van der Waals surface area contributed by atoms with Crippen molar-refractivity contribution in [1.29, 1.82) is 0 Å². The molecular weight excluding hydrogens is 364 g/mol. The molecule has 2 amide bonds. The van der Waals surface area contributed by atoms with Crippen molar-refractivity contribution in [3.63, 3.8) is 0 Å². The molecule has 0 bridgehead atoms. The Morgan fingerprint density at radius 1 is 1.15 bits per heavy atom. The zero-order valence-corrected chi connectivity index (χ0v) is 15.6. The summed E-state index contributed by atoms with van der Waals surface area (Å²) >= 11 is 5.17. The van der Waals surface area contributed by atoms with Gasteiger partial charge in [-0.3, -0.25) is 25.3 Å². The zero-order valence-electron chi connectivity index (χ0n) is 14.8. The lowest BCUT2D eigenvalue weighted by atomic mass is 10.1. The summed E-state index contributed by atoms with van der Waals surface area (Å²) in [6.07, 6.45) is 0.961. The molecule has 0 radical (unpaired) electrons. The summed E-state index contributed by atoms with van der Waals surface area (Å²) in [6, 6.07) is 14.9. The Morgan fingerprint density at radius 3 is 2.63 bits per heavy atom. The molecule has 0 aromatic heterocycles. The summed E-state index contributed by atoms with van der Waals surface area (Å²) in [5.74, 6) is -0.100. The van der Waals surface area contributed by atoms with Gasteiger partial charge in [-0.05, 0) is 48.5 Å². The van der Waals surface area contributed by atoms with Crippen LogP contribution in [0.4, 0.5) is 11.4 Å². The molecule has 0 fully saturated rings. The van der Waals surface area contributed by atoms with E-state index in [2.05, 4.69) is 23.1 Å². The second-order valence-corrected chi connectivity index (χ2v) is 6.32. The SMILES string of the molecule is CCc1ccc(NC(=S)NNC(=O)CN2C(=O)COc3ccccc32)cc1. The molecule has 0 saturated heterocycles. The average molecular weight is 384 g/mol. The van der Waals surface area contributed by atoms with Gasteiger partial charge >= 0.3 is 0 Å². The number of hydrogen-bond acceptors (Lipinski definition) is 4. The van der Waals surface area contributed by atoms with E-state index in [0.29, 0.717) is 11.4 Å². The van der Waals surface area contributed by atoms with Gasteiger partial charge in [-0.15, -0.1) is 0 Å². The van der Waals surface area contributed by atoms with E-state index in [1.54, 1.807) is 18.2 Å². The lowest BCUT2D eigenvalue weighted by Crippen LogP contribution is -2.50. The number of hydrazine groups is 1. The van der Waals surface area contributed by atoms with Crippen LogP contribution >= 0.6 is 12.2 Å². The highest BCUT2D eigenvalue weighted by atomic mass is 32.1. The van der Waals surface area contributed by atoms with E-state index in [9.17, 15) is 9.59 Å². The maximum atomic E-state index is 12.2. The van der Waals surface area contributed by atoms with Gasteiger partial charge in [0.15, 0.2) is 11.7 Å². The van der Waals surface area contributed by atoms with Crippen molar-refractivity contribution in [2.75, 3.05) is 23.4 Å². The largest absolute Gasteiger partial charge is 0.482 e. The minimum absolute atomic E-state index is 0.0918. The number of carbonyl (C=O) groups excluding carboxylic acids is 2. The van der Waals surface area contributed by atoms with E-state index in [1.165, 1.54) is 10.5 Å². The second kappa shape index (κ2) is 8.50. The number of rotatable bonds is 4. The van der Waals surface area contributed by atoms with E-state index >= 15 is 0 Å². The molecule has 3 N–H and O–H groups in total. The van der Waals surface area contributed by atoms with E-state index in [0.717, 1.165) is 12.1 Å². The summed E-state index contributed by atoms with van der Waals surface area (Å²) in [5.41, 5.74) is 7.75. The van der Waals surface area contributed by atoms with Gasteiger partial charge in [-0.1, -0.05) is 31.2 Å². The predicted molar refractivity (Wildman–Crippen MR) is 108 cm³/mol. The highest BCUT2D eigenvalue weighted by Crippen LogP contribution is 2.31. The third kappa shape index (κ3) is 4.73. The topological polar surface area (TPSA) is 82.7 Å². The van der Waals surface area contributed by atoms with E-state index in [4.69, 9.17) is 17.0 Å². The molecule has 7 nitrogen and oxygen atoms in total. The fourth-order valence-electron chi connectivity index (χ4n) is 2.62. The van der Waals surface area contributed by atoms with Crippen molar-refractivity contribution >= 4 is 40.5 Å². The molecule has 0 aliphatic carbocycles. The van der Waals surface area contributed by atoms with E-state index in [1.807, 2.05) is 30.3 Å². The second-order valence-electron chi connectivity index (χ2n) is 5.91. The Morgan fingerprint density at radius 2 is 1.89 bits per heavy atom. The normalized spacial score (nSPS) is 12.6. The summed E-state index contributed by atoms with van der Waals surface area (Å²) in [6.45, 7) is 1.85. The quantitative estimate of drug-likeness (QED) is 0.552. The Kier molecular flexibility index (Phi) is 5.87. The molecule has 0 spiro atoms. The monoisotopic (exact) mass is 384 g/mol. The van der Waals surface area contributed by atoms with Crippen molar-refractivity contribution in [3.8, 4) is 5.75 Å². The molecule has 3 rings (SSSR count). The van der Waals surface area contributed by atoms with Gasteiger partial charge in [-0.25, -0.2) is 0 Å². The number of carbonyl (C=O) groups is 2. The maximum absolute atomic E-state index is 12.2. The number of fused-ring (bicyclic) bond motifs is 1. The molecular formula is C19H20N4O3S. The van der Waals surface area contributed by atoms with Crippen LogP contribution in [0.15, 0.2) is 48.5 Å². The average Bonchev–Trinajstić information content (AvgIpc) is 2.69. The van der Waals surface area contributed by atoms with Crippen LogP contribution in [0.1, 0.15) is 12.5 Å². The number of hydrogen-bond donors (Lipinski definition) is 3. The molecule has 140 valence electrons. The van der Waals surface area contributed by atoms with Gasteiger partial charge in [-0.2, -0.15) is 0 Å². The van der Waals surface area contributed by atoms with Gasteiger partial charge in [0.05, 0.1) is 5.69 Å². The van der Waals surface area contributed by atoms with Crippen molar-refractivity contribution in [3.05, 3.63) is 54.1 Å². The minimum Gasteiger partial charge on any atom is -0.482 e. The van der Waals surface area contributed by atoms with Crippen LogP contribution in [0.25, 0.3) is 0 Å². The van der Waals surface area contributed by atoms with Crippen LogP contribution in [0, 0.1) is 0 Å². The maximum Gasteiger partial charge on any atom is 0.265 e. The van der Waals surface area contributed by atoms with E-state index < -0.39 is 5.91 Å². The fourth-order valence-corrected chi connectivity index (χ4v) is 2.79. The molecule has 2 aromatic carbocycles. The van der Waals surface area contributed by atoms with Gasteiger partial charge < -0.3 is 10.1 Å². The number of benzene rings is 2. The van der Waals surface area contributed by atoms with Gasteiger partial charge in [0, 0.05) is 5.69 Å². The molecule has 8 heteroatoms. The van der Waals surface area contributed by atoms with Crippen molar-refractivity contribution < 1.29 is 14.3 Å². The van der Waals surface area contributed by atoms with Crippen molar-refractivity contribution in [1.82, 2.24) is 10.9 Å². The first-order chi connectivity index (χ1) is 13.1. The van der Waals surface area contributed by atoms with Crippen LogP contribution in [0.3, 0.4) is 0 Å². The lowest BCUT2D eigenvalue weighted by molar-refractivity contribution is -0.125. The van der Waals surface area contributed by atoms with E-state index in [-0.39, 0.29) is 24.2 Å². The molecule has 0 atom stereocenters. The van der Waals surface area contributed by atoms with Crippen LogP contribution in [0.5, 0.6) is 5.75 Å². The van der Waals surface area contributed by atoms with Crippen LogP contribution in [-0.4, -0.2) is 30.1 Å². The minimum atomic E-state index is -0.398. The number of nitrogens with one attached hydrogen (secondary N) is 3. The number of thiocarbonyl (C=S) groups is 1. The molecule has 1 heterocycles. The molecule has 2 aromatic rings. The van der Waals surface area contributed by atoms with Gasteiger partial charge in [0.1, 0.15) is 12.3 Å². The number of anilines is 2. The summed E-state index contributed by atoms with van der Waals surface area (Å²) in [4.78, 5) is 25.7. The number of aryl methyl sites for hydroxylation is 1. The Balaban J connectivity index is 1.52. The van der Waals surface area contributed by atoms with Gasteiger partial charge in [0.2, 0.25) is 0 Å². The zero-order chi connectivity index (χ0) is 19.2. The summed E-state index contributed by atoms with van der Waals surface area (Å²) in [7, 11) is 0. The first kappa shape index (κ1) is 18.7. The smallest absolute Gasteiger partial charge is 0.265 e. The Hall–Kier alpha value is -3.13. The summed E-state index contributed by atoms with van der Waals surface area (Å²) < 4.78 is 5.36. The van der Waals surface area contributed by atoms with Gasteiger partial charge in [0.25, 0.3) is 11.8 Å². The highest BCUT2D eigenvalue weighted by molar-refractivity contribution is 7.80. The van der Waals surface area contributed by atoms with Crippen LogP contribution < -0.4 is 25.8 Å². The highest BCUT2D eigenvalue weighted by Gasteiger charge is 2.26. The third-order valence-electron chi connectivity index (χ3n) is 4.05. The molecule has 27 heavy (non-hydrogen) atoms. The Bertz CT molecular complexity index is 854. The lowest BCUT2D eigenvalue weighted by Gasteiger charge is -2.28. The first-order valence-electron chi connectivity index (χ1n) is 8.54. The molecule has 0 unspecified atom stereocenters. The standard InChI is InChI=1S/C19H20N4O3S/c1-2-13-7-9-14(10-8-13)20-19(27)22-21-17(24)11-23-15-5-3-4-6-16(15)26-12-18(23)25/h3-10H,2,11-12H2,1H3,(H,21,24)(H2,20,22,27). The van der Waals surface area contributed by atoms with Crippen LogP contribution in [0.2, 0.25) is 0 Å². The van der Waals surface area contributed by atoms with Crippen molar-refractivity contribution in [2.45, 2.75) is 13.3 Å². The van der Waals surface area contributed by atoms with Crippen molar-refractivity contribution in [2.24, 2.45) is 0 Å². The summed E-state index contributed by atoms with van der Waals surface area (Å²) in [5, 5.41) is 3.23. The predicted octanol–water partition coefficient (Wildman–Crippen LogP) is 1.99.